The van der Waals surface area contributed by atoms with E-state index < -0.39 is 29.6 Å². The Bertz CT molecular complexity index is 343. The van der Waals surface area contributed by atoms with Gasteiger partial charge in [0.2, 0.25) is 0 Å². The highest BCUT2D eigenvalue weighted by atomic mass is 19.4. The van der Waals surface area contributed by atoms with Crippen LogP contribution < -0.4 is 0 Å². The Morgan fingerprint density at radius 2 is 1.56 bits per heavy atom. The number of carbonyl (C=O) groups is 1. The molecule has 0 aliphatic heterocycles. The van der Waals surface area contributed by atoms with E-state index >= 15 is 0 Å². The van der Waals surface area contributed by atoms with Crippen molar-refractivity contribution in [1.82, 2.24) is 0 Å². The smallest absolute Gasteiger partial charge is 0.460 e. The Labute approximate surface area is 97.4 Å². The Kier molecular flexibility index (Phi) is 4.78. The lowest BCUT2D eigenvalue weighted by molar-refractivity contribution is -0.344. The Balaban J connectivity index is 5.33. The lowest BCUT2D eigenvalue weighted by Crippen LogP contribution is -2.52. The molecule has 0 aromatic heterocycles. The largest absolute Gasteiger partial charge is 0.463 e. The van der Waals surface area contributed by atoms with Gasteiger partial charge in [-0.15, -0.1) is 0 Å². The van der Waals surface area contributed by atoms with Crippen molar-refractivity contribution in [2.75, 3.05) is 6.61 Å². The molecule has 0 aliphatic carbocycles. The number of carbonyl (C=O) groups excluding carboxylic acids is 1. The topological polar surface area (TPSA) is 26.3 Å². The van der Waals surface area contributed by atoms with Crippen molar-refractivity contribution in [3.63, 3.8) is 0 Å². The normalized spacial score (nSPS) is 14.6. The van der Waals surface area contributed by atoms with Crippen molar-refractivity contribution in [1.29, 1.82) is 0 Å². The van der Waals surface area contributed by atoms with Crippen LogP contribution in [0.2, 0.25) is 0 Å². The molecule has 0 unspecified atom stereocenters. The van der Waals surface area contributed by atoms with E-state index in [1.54, 1.807) is 0 Å². The summed E-state index contributed by atoms with van der Waals surface area (Å²) in [5, 5.41) is 0. The number of alkyl halides is 7. The van der Waals surface area contributed by atoms with E-state index in [-0.39, 0.29) is 19.6 Å². The van der Waals surface area contributed by atoms with Crippen molar-refractivity contribution < 1.29 is 40.3 Å². The summed E-state index contributed by atoms with van der Waals surface area (Å²) in [4.78, 5) is 10.7. The molecule has 0 fully saturated rings. The Morgan fingerprint density at radius 1 is 1.11 bits per heavy atom. The van der Waals surface area contributed by atoms with Crippen LogP contribution in [0.1, 0.15) is 13.8 Å². The molecule has 0 amide bonds. The van der Waals surface area contributed by atoms with Gasteiger partial charge in [-0.25, -0.2) is 4.79 Å². The summed E-state index contributed by atoms with van der Waals surface area (Å²) >= 11 is 0. The van der Waals surface area contributed by atoms with E-state index in [9.17, 15) is 35.5 Å². The van der Waals surface area contributed by atoms with Gasteiger partial charge in [0.05, 0.1) is 6.61 Å². The summed E-state index contributed by atoms with van der Waals surface area (Å²) < 4.78 is 90.5. The molecule has 0 bridgehead atoms. The highest BCUT2D eigenvalue weighted by Gasteiger charge is 2.73. The van der Waals surface area contributed by atoms with Crippen LogP contribution in [0.4, 0.5) is 30.7 Å². The van der Waals surface area contributed by atoms with Gasteiger partial charge < -0.3 is 4.74 Å². The van der Waals surface area contributed by atoms with Crippen LogP contribution in [0.15, 0.2) is 11.6 Å². The van der Waals surface area contributed by atoms with Crippen LogP contribution in [-0.4, -0.2) is 30.6 Å². The van der Waals surface area contributed by atoms with E-state index in [2.05, 4.69) is 4.74 Å². The highest BCUT2D eigenvalue weighted by molar-refractivity contribution is 5.83. The molecule has 18 heavy (non-hydrogen) atoms. The molecule has 0 radical (unpaired) electrons. The quantitative estimate of drug-likeness (QED) is 0.449. The SMILES string of the molecule is CCOC(=O)/C=C(\C)C(F)(F)C(F)(F)C(F)(F)F. The average molecular weight is 282 g/mol. The summed E-state index contributed by atoms with van der Waals surface area (Å²) in [5.74, 6) is -13.2. The summed E-state index contributed by atoms with van der Waals surface area (Å²) in [6, 6.07) is 0. The lowest BCUT2D eigenvalue weighted by atomic mass is 10.0. The first-order chi connectivity index (χ1) is 7.88. The third-order valence-electron chi connectivity index (χ3n) is 1.87. The van der Waals surface area contributed by atoms with Crippen LogP contribution >= 0.6 is 0 Å². The fourth-order valence-corrected chi connectivity index (χ4v) is 0.877. The standard InChI is InChI=1S/C9H9F7O2/c1-3-18-6(17)4-5(2)7(10,11)8(12,13)9(14,15)16/h4H,3H2,1-2H3/b5-4+. The second-order valence-corrected chi connectivity index (χ2v) is 3.23. The monoisotopic (exact) mass is 282 g/mol. The number of rotatable bonds is 4. The molecule has 0 N–H and O–H groups in total. The maximum Gasteiger partial charge on any atom is 0.460 e. The average Bonchev–Trinajstić information content (AvgIpc) is 2.15. The van der Waals surface area contributed by atoms with E-state index in [1.165, 1.54) is 6.92 Å². The van der Waals surface area contributed by atoms with Crippen LogP contribution in [0.25, 0.3) is 0 Å². The Hall–Kier alpha value is -1.28. The second kappa shape index (κ2) is 5.15. The zero-order valence-electron chi connectivity index (χ0n) is 9.25. The molecule has 106 valence electrons. The maximum atomic E-state index is 12.9. The molecule has 0 atom stereocenters. The van der Waals surface area contributed by atoms with E-state index in [4.69, 9.17) is 0 Å². The van der Waals surface area contributed by atoms with Crippen LogP contribution in [0.3, 0.4) is 0 Å². The van der Waals surface area contributed by atoms with Gasteiger partial charge in [-0.2, -0.15) is 30.7 Å². The van der Waals surface area contributed by atoms with Crippen molar-refractivity contribution >= 4 is 5.97 Å². The fourth-order valence-electron chi connectivity index (χ4n) is 0.877. The summed E-state index contributed by atoms with van der Waals surface area (Å²) in [7, 11) is 0. The number of halogens is 7. The number of hydrogen-bond acceptors (Lipinski definition) is 2. The molecule has 0 aromatic carbocycles. The molecule has 0 spiro atoms. The van der Waals surface area contributed by atoms with Crippen LogP contribution in [0.5, 0.6) is 0 Å². The van der Waals surface area contributed by atoms with E-state index in [0.29, 0.717) is 0 Å². The first kappa shape index (κ1) is 16.7. The van der Waals surface area contributed by atoms with Gasteiger partial charge in [0.25, 0.3) is 0 Å². The molecule has 0 aromatic rings. The predicted molar refractivity (Wildman–Crippen MR) is 46.3 cm³/mol. The van der Waals surface area contributed by atoms with Crippen molar-refractivity contribution in [3.8, 4) is 0 Å². The van der Waals surface area contributed by atoms with Crippen LogP contribution in [0, 0.1) is 0 Å². The third-order valence-corrected chi connectivity index (χ3v) is 1.87. The van der Waals surface area contributed by atoms with E-state index in [1.807, 2.05) is 0 Å². The first-order valence-corrected chi connectivity index (χ1v) is 4.55. The van der Waals surface area contributed by atoms with Gasteiger partial charge in [0.1, 0.15) is 0 Å². The van der Waals surface area contributed by atoms with Crippen molar-refractivity contribution in [3.05, 3.63) is 11.6 Å². The summed E-state index contributed by atoms with van der Waals surface area (Å²) in [6.07, 6.45) is -6.52. The molecular formula is C9H9F7O2. The second-order valence-electron chi connectivity index (χ2n) is 3.23. The van der Waals surface area contributed by atoms with Crippen molar-refractivity contribution in [2.45, 2.75) is 31.9 Å². The zero-order valence-corrected chi connectivity index (χ0v) is 9.25. The molecular weight excluding hydrogens is 273 g/mol. The lowest BCUT2D eigenvalue weighted by Gasteiger charge is -2.28. The third kappa shape index (κ3) is 3.14. The van der Waals surface area contributed by atoms with Crippen LogP contribution in [-0.2, 0) is 9.53 Å². The Morgan fingerprint density at radius 3 is 1.89 bits per heavy atom. The van der Waals surface area contributed by atoms with Crippen molar-refractivity contribution in [2.24, 2.45) is 0 Å². The molecule has 9 heteroatoms. The summed E-state index contributed by atoms with van der Waals surface area (Å²) in [5.41, 5.74) is -1.73. The minimum Gasteiger partial charge on any atom is -0.463 e. The first-order valence-electron chi connectivity index (χ1n) is 4.55. The minimum absolute atomic E-state index is 0.0941. The number of ether oxygens (including phenoxy) is 1. The fraction of sp³-hybridized carbons (Fsp3) is 0.667. The van der Waals surface area contributed by atoms with Gasteiger partial charge in [-0.05, 0) is 13.8 Å². The number of hydrogen-bond donors (Lipinski definition) is 0. The molecule has 0 heterocycles. The van der Waals surface area contributed by atoms with Gasteiger partial charge in [-0.1, -0.05) is 0 Å². The molecule has 0 rings (SSSR count). The van der Waals surface area contributed by atoms with Gasteiger partial charge in [-0.3, -0.25) is 0 Å². The maximum absolute atomic E-state index is 12.9. The van der Waals surface area contributed by atoms with Gasteiger partial charge >= 0.3 is 24.0 Å². The van der Waals surface area contributed by atoms with Gasteiger partial charge in [0, 0.05) is 11.6 Å². The molecule has 0 saturated carbocycles. The van der Waals surface area contributed by atoms with Gasteiger partial charge in [0.15, 0.2) is 0 Å². The zero-order chi connectivity index (χ0) is 14.8. The van der Waals surface area contributed by atoms with E-state index in [0.717, 1.165) is 0 Å². The number of esters is 1. The number of allylic oxidation sites excluding steroid dienone is 1. The highest BCUT2D eigenvalue weighted by Crippen LogP contribution is 2.49. The predicted octanol–water partition coefficient (Wildman–Crippen LogP) is 3.33. The summed E-state index contributed by atoms with van der Waals surface area (Å²) in [6.45, 7) is 1.37. The molecule has 0 aliphatic rings. The molecule has 0 saturated heterocycles. The molecule has 2 nitrogen and oxygen atoms in total. The minimum atomic E-state index is -6.43.